The van der Waals surface area contributed by atoms with Crippen LogP contribution in [-0.2, 0) is 20.9 Å². The summed E-state index contributed by atoms with van der Waals surface area (Å²) in [5.41, 5.74) is 3.05. The minimum Gasteiger partial charge on any atom is -0.378 e. The molecular weight excluding hydrogens is 524 g/mol. The second-order valence-corrected chi connectivity index (χ2v) is 10.5. The van der Waals surface area contributed by atoms with Crippen molar-refractivity contribution < 1.29 is 14.3 Å². The Kier molecular flexibility index (Phi) is 6.61. The molecule has 3 aliphatic heterocycles. The number of hydrogen-bond acceptors (Lipinski definition) is 6. The van der Waals surface area contributed by atoms with E-state index in [0.29, 0.717) is 48.1 Å². The lowest BCUT2D eigenvalue weighted by molar-refractivity contribution is -0.133. The van der Waals surface area contributed by atoms with Gasteiger partial charge in [-0.25, -0.2) is 0 Å². The lowest BCUT2D eigenvalue weighted by Gasteiger charge is -2.26. The third-order valence-electron chi connectivity index (χ3n) is 6.55. The predicted molar refractivity (Wildman–Crippen MR) is 150 cm³/mol. The second-order valence-electron chi connectivity index (χ2n) is 9.04. The van der Waals surface area contributed by atoms with Gasteiger partial charge in [-0.15, -0.1) is 0 Å². The summed E-state index contributed by atoms with van der Waals surface area (Å²) in [4.78, 5) is 31.6. The molecule has 1 aromatic heterocycles. The fraction of sp³-hybridized carbons (Fsp3) is 0.222. The van der Waals surface area contributed by atoms with Crippen LogP contribution in [0.25, 0.3) is 17.0 Å². The first kappa shape index (κ1) is 24.6. The molecule has 0 radical (unpaired) electrons. The number of carbonyl (C=O) groups excluding carboxylic acids is 2. The molecule has 1 fully saturated rings. The predicted octanol–water partition coefficient (Wildman–Crippen LogP) is 4.21. The van der Waals surface area contributed by atoms with Crippen molar-refractivity contribution in [3.05, 3.63) is 76.5 Å². The summed E-state index contributed by atoms with van der Waals surface area (Å²) in [5.74, 6) is -0.614. The van der Waals surface area contributed by atoms with Crippen molar-refractivity contribution in [1.82, 2.24) is 14.5 Å². The molecule has 0 saturated carbocycles. The molecule has 192 valence electrons. The highest BCUT2D eigenvalue weighted by Gasteiger charge is 2.36. The highest BCUT2D eigenvalue weighted by Crippen LogP contribution is 2.31. The number of thioether (sulfide) groups is 1. The van der Waals surface area contributed by atoms with E-state index in [4.69, 9.17) is 21.7 Å². The molecule has 9 nitrogen and oxygen atoms in total. The maximum Gasteiger partial charge on any atom is 0.283 e. The van der Waals surface area contributed by atoms with Crippen LogP contribution >= 0.6 is 23.4 Å². The van der Waals surface area contributed by atoms with Gasteiger partial charge in [-0.3, -0.25) is 15.0 Å². The van der Waals surface area contributed by atoms with Crippen LogP contribution in [0.3, 0.4) is 0 Å². The molecule has 0 atom stereocenters. The van der Waals surface area contributed by atoms with E-state index < -0.39 is 5.91 Å². The minimum atomic E-state index is -0.501. The maximum absolute atomic E-state index is 13.0. The molecule has 2 aromatic carbocycles. The van der Waals surface area contributed by atoms with Crippen molar-refractivity contribution in [3.63, 3.8) is 0 Å². The second kappa shape index (κ2) is 10.2. The van der Waals surface area contributed by atoms with Crippen molar-refractivity contribution >= 4 is 68.2 Å². The monoisotopic (exact) mass is 546 g/mol. The summed E-state index contributed by atoms with van der Waals surface area (Å²) in [7, 11) is 0. The number of benzene rings is 2. The van der Waals surface area contributed by atoms with E-state index in [1.54, 1.807) is 11.0 Å². The van der Waals surface area contributed by atoms with Crippen molar-refractivity contribution in [2.75, 3.05) is 26.3 Å². The molecule has 0 spiro atoms. The first-order chi connectivity index (χ1) is 18.5. The Balaban J connectivity index is 1.27. The lowest BCUT2D eigenvalue weighted by Crippen LogP contribution is -2.41. The normalized spacial score (nSPS) is 18.7. The molecule has 1 saturated heterocycles. The van der Waals surface area contributed by atoms with Crippen LogP contribution in [-0.4, -0.2) is 68.6 Å². The van der Waals surface area contributed by atoms with Gasteiger partial charge < -0.3 is 14.2 Å². The van der Waals surface area contributed by atoms with E-state index >= 15 is 0 Å². The number of hydrazone groups is 1. The maximum atomic E-state index is 13.0. The number of para-hydroxylation sites is 1. The van der Waals surface area contributed by atoms with Gasteiger partial charge in [-0.2, -0.15) is 15.1 Å². The van der Waals surface area contributed by atoms with E-state index in [1.807, 2.05) is 54.7 Å². The molecule has 3 aromatic rings. The Morgan fingerprint density at radius 3 is 2.68 bits per heavy atom. The van der Waals surface area contributed by atoms with Crippen molar-refractivity contribution in [3.8, 4) is 0 Å². The van der Waals surface area contributed by atoms with E-state index in [-0.39, 0.29) is 23.7 Å². The number of halogens is 1. The zero-order chi connectivity index (χ0) is 26.2. The minimum absolute atomic E-state index is 0.0536. The molecule has 1 N–H and O–H groups in total. The fourth-order valence-corrected chi connectivity index (χ4v) is 5.62. The van der Waals surface area contributed by atoms with Gasteiger partial charge in [0, 0.05) is 47.3 Å². The van der Waals surface area contributed by atoms with Gasteiger partial charge in [0.15, 0.2) is 5.84 Å². The summed E-state index contributed by atoms with van der Waals surface area (Å²) in [6, 6.07) is 15.6. The zero-order valence-corrected chi connectivity index (χ0v) is 21.8. The van der Waals surface area contributed by atoms with E-state index in [1.165, 1.54) is 5.01 Å². The molecular formula is C27H23ClN6O3S. The lowest BCUT2D eigenvalue weighted by atomic mass is 10.1. The number of aliphatic imine (C=N–C) groups is 1. The standard InChI is InChI=1S/C27H23ClN6O3S/c28-19-7-5-17(6-8-19)15-33-16-18(20-3-1-2-4-22(20)33)13-21-25(29)34-27(30-26(21)36)38-23(31-34)14-24(35)32-9-11-37-12-10-32/h1-8,13,16,29H,9-12,14-15H2/b21-13+,29-25?. The van der Waals surface area contributed by atoms with E-state index in [9.17, 15) is 9.59 Å². The summed E-state index contributed by atoms with van der Waals surface area (Å²) in [6.07, 6.45) is 3.77. The quantitative estimate of drug-likeness (QED) is 0.483. The van der Waals surface area contributed by atoms with Gasteiger partial charge >= 0.3 is 0 Å². The number of hydrogen-bond donors (Lipinski definition) is 1. The van der Waals surface area contributed by atoms with E-state index in [0.717, 1.165) is 33.8 Å². The van der Waals surface area contributed by atoms with Crippen LogP contribution < -0.4 is 0 Å². The summed E-state index contributed by atoms with van der Waals surface area (Å²) >= 11 is 7.20. The van der Waals surface area contributed by atoms with Gasteiger partial charge in [0.1, 0.15) is 5.04 Å². The summed E-state index contributed by atoms with van der Waals surface area (Å²) in [6.45, 7) is 2.77. The first-order valence-corrected chi connectivity index (χ1v) is 13.3. The molecule has 0 bridgehead atoms. The average molecular weight is 547 g/mol. The van der Waals surface area contributed by atoms with Crippen LogP contribution in [0.5, 0.6) is 0 Å². The number of nitrogens with zero attached hydrogens (tertiary/aromatic N) is 5. The number of aromatic nitrogens is 1. The third kappa shape index (κ3) is 4.78. The highest BCUT2D eigenvalue weighted by molar-refractivity contribution is 8.27. The third-order valence-corrected chi connectivity index (χ3v) is 7.71. The molecule has 11 heteroatoms. The Bertz CT molecular complexity index is 1550. The van der Waals surface area contributed by atoms with Crippen molar-refractivity contribution in [2.45, 2.75) is 13.0 Å². The topological polar surface area (TPSA) is 103 Å². The number of ether oxygens (including phenoxy) is 1. The highest BCUT2D eigenvalue weighted by atomic mass is 35.5. The van der Waals surface area contributed by atoms with Crippen molar-refractivity contribution in [1.29, 1.82) is 5.41 Å². The Labute approximate surface area is 227 Å². The number of fused-ring (bicyclic) bond motifs is 2. The number of rotatable bonds is 5. The van der Waals surface area contributed by atoms with Gasteiger partial charge in [0.2, 0.25) is 11.1 Å². The first-order valence-electron chi connectivity index (χ1n) is 12.1. The van der Waals surface area contributed by atoms with Gasteiger partial charge in [-0.05, 0) is 41.6 Å². The molecule has 6 rings (SSSR count). The average Bonchev–Trinajstić information content (AvgIpc) is 3.49. The number of nitrogens with one attached hydrogen (secondary N) is 1. The SMILES string of the molecule is N=C1/C(=C\c2cn(Cc3ccc(Cl)cc3)c3ccccc23)C(=O)N=C2SC(CC(=O)N3CCOCC3)=NN12. The largest absolute Gasteiger partial charge is 0.378 e. The fourth-order valence-electron chi connectivity index (χ4n) is 4.62. The number of morpholine rings is 1. The van der Waals surface area contributed by atoms with E-state index in [2.05, 4.69) is 14.7 Å². The van der Waals surface area contributed by atoms with Gasteiger partial charge in [-0.1, -0.05) is 41.9 Å². The van der Waals surface area contributed by atoms with Crippen LogP contribution in [0.2, 0.25) is 5.02 Å². The van der Waals surface area contributed by atoms with Crippen molar-refractivity contribution in [2.24, 2.45) is 10.1 Å². The Morgan fingerprint density at radius 1 is 1.13 bits per heavy atom. The van der Waals surface area contributed by atoms with Crippen LogP contribution in [0, 0.1) is 5.41 Å². The Hall–Kier alpha value is -3.73. The van der Waals surface area contributed by atoms with Crippen LogP contribution in [0.1, 0.15) is 17.5 Å². The molecule has 0 aliphatic carbocycles. The smallest absolute Gasteiger partial charge is 0.283 e. The number of carbonyl (C=O) groups is 2. The molecule has 3 aliphatic rings. The van der Waals surface area contributed by atoms with Crippen LogP contribution in [0.4, 0.5) is 0 Å². The summed E-state index contributed by atoms with van der Waals surface area (Å²) in [5, 5.41) is 17.0. The molecule has 4 heterocycles. The molecule has 2 amide bonds. The molecule has 38 heavy (non-hydrogen) atoms. The van der Waals surface area contributed by atoms with Crippen LogP contribution in [0.15, 0.2) is 70.4 Å². The summed E-state index contributed by atoms with van der Waals surface area (Å²) < 4.78 is 7.42. The Morgan fingerprint density at radius 2 is 1.89 bits per heavy atom. The van der Waals surface area contributed by atoms with Gasteiger partial charge in [0.25, 0.3) is 5.91 Å². The van der Waals surface area contributed by atoms with Gasteiger partial charge in [0.05, 0.1) is 25.2 Å². The number of amidine groups is 2. The number of amides is 2. The molecule has 0 unspecified atom stereocenters. The zero-order valence-electron chi connectivity index (χ0n) is 20.3.